The zero-order valence-corrected chi connectivity index (χ0v) is 11.5. The van der Waals surface area contributed by atoms with E-state index in [0.717, 1.165) is 17.6 Å². The van der Waals surface area contributed by atoms with E-state index in [1.165, 1.54) is 18.8 Å². The van der Waals surface area contributed by atoms with Crippen molar-refractivity contribution < 1.29 is 13.2 Å². The summed E-state index contributed by atoms with van der Waals surface area (Å²) in [6.45, 7) is 0. The first-order valence-corrected chi connectivity index (χ1v) is 8.14. The van der Waals surface area contributed by atoms with Gasteiger partial charge in [0.2, 0.25) is 0 Å². The number of hydrogen-bond donors (Lipinski definition) is 2. The van der Waals surface area contributed by atoms with E-state index in [0.29, 0.717) is 4.21 Å². The second-order valence-electron chi connectivity index (χ2n) is 3.02. The molecule has 0 fully saturated rings. The molecule has 0 unspecified atom stereocenters. The Bertz CT molecular complexity index is 519. The Morgan fingerprint density at radius 3 is 2.38 bits per heavy atom. The molecule has 1 heterocycles. The summed E-state index contributed by atoms with van der Waals surface area (Å²) in [5, 5.41) is 2.43. The monoisotopic (exact) mass is 280 g/mol. The summed E-state index contributed by atoms with van der Waals surface area (Å²) in [7, 11) is -1.94. The molecule has 0 aliphatic carbocycles. The fourth-order valence-electron chi connectivity index (χ4n) is 1.17. The van der Waals surface area contributed by atoms with Crippen LogP contribution in [-0.4, -0.2) is 33.9 Å². The summed E-state index contributed by atoms with van der Waals surface area (Å²) < 4.78 is 23.6. The molecule has 0 spiro atoms. The van der Waals surface area contributed by atoms with E-state index >= 15 is 0 Å². The van der Waals surface area contributed by atoms with Crippen LogP contribution in [0.1, 0.15) is 9.67 Å². The molecule has 0 bridgehead atoms. The normalized spacial score (nSPS) is 11.4. The van der Waals surface area contributed by atoms with Crippen LogP contribution < -0.4 is 11.1 Å². The van der Waals surface area contributed by atoms with Gasteiger partial charge in [0.25, 0.3) is 5.91 Å². The second kappa shape index (κ2) is 4.64. The Hall–Kier alpha value is -0.730. The van der Waals surface area contributed by atoms with E-state index in [9.17, 15) is 13.2 Å². The molecule has 5 nitrogen and oxygen atoms in total. The highest BCUT2D eigenvalue weighted by Gasteiger charge is 2.25. The minimum Gasteiger partial charge on any atom is -0.396 e. The summed E-state index contributed by atoms with van der Waals surface area (Å²) in [4.78, 5) is 11.8. The van der Waals surface area contributed by atoms with Gasteiger partial charge in [-0.1, -0.05) is 0 Å². The number of thiophene rings is 1. The van der Waals surface area contributed by atoms with Crippen molar-refractivity contribution in [2.24, 2.45) is 0 Å². The van der Waals surface area contributed by atoms with Gasteiger partial charge in [-0.2, -0.15) is 0 Å². The third-order valence-electron chi connectivity index (χ3n) is 1.86. The highest BCUT2D eigenvalue weighted by molar-refractivity contribution is 8.01. The third kappa shape index (κ3) is 2.33. The van der Waals surface area contributed by atoms with Crippen molar-refractivity contribution in [2.75, 3.05) is 25.3 Å². The number of nitrogen functional groups attached to an aromatic ring is 1. The van der Waals surface area contributed by atoms with Crippen LogP contribution in [0.4, 0.5) is 5.69 Å². The summed E-state index contributed by atoms with van der Waals surface area (Å²) in [5.41, 5.74) is 5.74. The summed E-state index contributed by atoms with van der Waals surface area (Å²) in [6.07, 6.45) is 2.83. The lowest BCUT2D eigenvalue weighted by molar-refractivity contribution is 0.0968. The Kier molecular flexibility index (Phi) is 3.87. The van der Waals surface area contributed by atoms with Crippen LogP contribution in [0.25, 0.3) is 0 Å². The largest absolute Gasteiger partial charge is 0.396 e. The molecule has 0 aliphatic rings. The van der Waals surface area contributed by atoms with Gasteiger partial charge in [0.05, 0.1) is 9.90 Å². The van der Waals surface area contributed by atoms with Gasteiger partial charge >= 0.3 is 0 Å². The lowest BCUT2D eigenvalue weighted by atomic mass is 10.4. The van der Waals surface area contributed by atoms with Gasteiger partial charge in [0, 0.05) is 13.3 Å². The first kappa shape index (κ1) is 13.3. The second-order valence-corrected chi connectivity index (χ2v) is 7.06. The van der Waals surface area contributed by atoms with Gasteiger partial charge in [0.1, 0.15) is 9.77 Å². The number of carbonyl (C=O) groups excluding carboxylic acids is 1. The van der Waals surface area contributed by atoms with Gasteiger partial charge in [-0.3, -0.25) is 4.79 Å². The Labute approximate surface area is 102 Å². The van der Waals surface area contributed by atoms with Gasteiger partial charge in [-0.05, 0) is 6.26 Å². The molecule has 1 amide bonds. The number of anilines is 1. The van der Waals surface area contributed by atoms with Crippen LogP contribution in [0.5, 0.6) is 0 Å². The van der Waals surface area contributed by atoms with Crippen molar-refractivity contribution >= 4 is 44.5 Å². The lowest BCUT2D eigenvalue weighted by Gasteiger charge is -2.00. The predicted octanol–water partition coefficient (Wildman–Crippen LogP) is 0.815. The van der Waals surface area contributed by atoms with Gasteiger partial charge in [-0.15, -0.1) is 23.1 Å². The van der Waals surface area contributed by atoms with Crippen LogP contribution >= 0.6 is 23.1 Å². The molecule has 16 heavy (non-hydrogen) atoms. The maximum atomic E-state index is 11.5. The molecule has 90 valence electrons. The number of carbonyl (C=O) groups is 1. The molecule has 0 aromatic carbocycles. The van der Waals surface area contributed by atoms with Crippen molar-refractivity contribution in [1.29, 1.82) is 0 Å². The maximum Gasteiger partial charge on any atom is 0.263 e. The van der Waals surface area contributed by atoms with Crippen LogP contribution in [0, 0.1) is 0 Å². The third-order valence-corrected chi connectivity index (χ3v) is 5.61. The van der Waals surface area contributed by atoms with Crippen LogP contribution in [-0.2, 0) is 9.84 Å². The quantitative estimate of drug-likeness (QED) is 0.800. The smallest absolute Gasteiger partial charge is 0.263 e. The molecule has 1 rings (SSSR count). The van der Waals surface area contributed by atoms with Gasteiger partial charge in [0.15, 0.2) is 9.84 Å². The predicted molar refractivity (Wildman–Crippen MR) is 67.0 cm³/mol. The van der Waals surface area contributed by atoms with E-state index in [4.69, 9.17) is 5.73 Å². The average Bonchev–Trinajstić information content (AvgIpc) is 2.53. The Morgan fingerprint density at radius 2 is 2.06 bits per heavy atom. The van der Waals surface area contributed by atoms with E-state index in [1.807, 2.05) is 0 Å². The summed E-state index contributed by atoms with van der Waals surface area (Å²) in [5.74, 6) is -0.368. The minimum atomic E-state index is -3.41. The van der Waals surface area contributed by atoms with E-state index < -0.39 is 9.84 Å². The topological polar surface area (TPSA) is 89.3 Å². The first-order chi connectivity index (χ1) is 7.32. The van der Waals surface area contributed by atoms with Crippen LogP contribution in [0.15, 0.2) is 9.10 Å². The zero-order valence-electron chi connectivity index (χ0n) is 9.03. The molecule has 0 saturated carbocycles. The molecule has 0 radical (unpaired) electrons. The molecule has 8 heteroatoms. The number of sulfone groups is 1. The standard InChI is InChI=1S/C8H12N2O3S3/c1-10-7(11)5-4(9)6(16(3,12)13)8(14-2)15-5/h9H2,1-3H3,(H,10,11). The number of rotatable bonds is 3. The fraction of sp³-hybridized carbons (Fsp3) is 0.375. The molecule has 0 saturated heterocycles. The van der Waals surface area contributed by atoms with Crippen LogP contribution in [0.2, 0.25) is 0 Å². The SMILES string of the molecule is CNC(=O)c1sc(SC)c(S(C)(=O)=O)c1N. The number of nitrogens with one attached hydrogen (secondary N) is 1. The Balaban J connectivity index is 3.51. The van der Waals surface area contributed by atoms with Crippen molar-refractivity contribution in [3.8, 4) is 0 Å². The summed E-state index contributed by atoms with van der Waals surface area (Å²) >= 11 is 2.36. The lowest BCUT2D eigenvalue weighted by Crippen LogP contribution is -2.18. The van der Waals surface area contributed by atoms with Crippen molar-refractivity contribution in [3.63, 3.8) is 0 Å². The molecule has 0 atom stereocenters. The van der Waals surface area contributed by atoms with Gasteiger partial charge in [-0.25, -0.2) is 8.42 Å². The Morgan fingerprint density at radius 1 is 1.50 bits per heavy atom. The number of thioether (sulfide) groups is 1. The van der Waals surface area contributed by atoms with E-state index in [2.05, 4.69) is 5.32 Å². The van der Waals surface area contributed by atoms with Crippen molar-refractivity contribution in [1.82, 2.24) is 5.32 Å². The number of amides is 1. The van der Waals surface area contributed by atoms with Crippen LogP contribution in [0.3, 0.4) is 0 Å². The molecular formula is C8H12N2O3S3. The first-order valence-electron chi connectivity index (χ1n) is 4.21. The summed E-state index contributed by atoms with van der Waals surface area (Å²) in [6, 6.07) is 0. The molecule has 1 aromatic rings. The molecular weight excluding hydrogens is 268 g/mol. The van der Waals surface area contributed by atoms with Crippen molar-refractivity contribution in [2.45, 2.75) is 9.10 Å². The molecule has 1 aromatic heterocycles. The molecule has 3 N–H and O–H groups in total. The zero-order chi connectivity index (χ0) is 12.5. The number of hydrogen-bond acceptors (Lipinski definition) is 6. The average molecular weight is 280 g/mol. The molecule has 0 aliphatic heterocycles. The highest BCUT2D eigenvalue weighted by atomic mass is 32.2. The van der Waals surface area contributed by atoms with Crippen molar-refractivity contribution in [3.05, 3.63) is 4.88 Å². The number of nitrogens with two attached hydrogens (primary N) is 1. The fourth-order valence-corrected chi connectivity index (χ4v) is 5.00. The minimum absolute atomic E-state index is 0.0381. The highest BCUT2D eigenvalue weighted by Crippen LogP contribution is 2.40. The maximum absolute atomic E-state index is 11.5. The van der Waals surface area contributed by atoms with Gasteiger partial charge < -0.3 is 11.1 Å². The van der Waals surface area contributed by atoms with E-state index in [-0.39, 0.29) is 21.4 Å². The van der Waals surface area contributed by atoms with E-state index in [1.54, 1.807) is 6.26 Å².